The van der Waals surface area contributed by atoms with E-state index in [1.54, 1.807) is 12.1 Å². The Balaban J connectivity index is 2.28. The summed E-state index contributed by atoms with van der Waals surface area (Å²) in [5.74, 6) is -2.22. The van der Waals surface area contributed by atoms with Crippen LogP contribution in [0.3, 0.4) is 0 Å². The van der Waals surface area contributed by atoms with Crippen LogP contribution in [-0.4, -0.2) is 56.6 Å². The minimum absolute atomic E-state index is 0.129. The van der Waals surface area contributed by atoms with Gasteiger partial charge >= 0.3 is 0 Å². The van der Waals surface area contributed by atoms with E-state index >= 15 is 0 Å². The fourth-order valence-electron chi connectivity index (χ4n) is 3.53. The number of aromatic nitrogens is 1. The Morgan fingerprint density at radius 3 is 2.38 bits per heavy atom. The Kier molecular flexibility index (Phi) is 8.98. The fourth-order valence-corrected chi connectivity index (χ4v) is 4.27. The zero-order valence-corrected chi connectivity index (χ0v) is 21.1. The molecule has 1 atom stereocenters. The van der Waals surface area contributed by atoms with Gasteiger partial charge in [0.2, 0.25) is 5.91 Å². The van der Waals surface area contributed by atoms with E-state index in [1.807, 2.05) is 0 Å². The molecule has 3 rings (SSSR count). The van der Waals surface area contributed by atoms with Crippen molar-refractivity contribution in [2.24, 2.45) is 5.73 Å². The Morgan fingerprint density at radius 2 is 1.81 bits per heavy atom. The number of nitrogen functional groups attached to an aromatic ring is 1. The molecule has 0 unspecified atom stereocenters. The van der Waals surface area contributed by atoms with Gasteiger partial charge in [0.1, 0.15) is 28.2 Å². The van der Waals surface area contributed by atoms with Gasteiger partial charge in [0.15, 0.2) is 5.69 Å². The minimum atomic E-state index is -1.33. The molecule has 3 aromatic rings. The van der Waals surface area contributed by atoms with E-state index in [9.17, 15) is 18.8 Å². The first-order chi connectivity index (χ1) is 17.7. The van der Waals surface area contributed by atoms with Gasteiger partial charge in [0.25, 0.3) is 11.8 Å². The highest BCUT2D eigenvalue weighted by Crippen LogP contribution is 2.40. The van der Waals surface area contributed by atoms with Crippen LogP contribution in [0.2, 0.25) is 0 Å². The number of nitrogens with zero attached hydrogens (tertiary/aromatic N) is 2. The zero-order chi connectivity index (χ0) is 27.1. The summed E-state index contributed by atoms with van der Waals surface area (Å²) < 4.78 is 33.5. The largest absolute Gasteiger partial charge is 0.497 e. The first-order valence-corrected chi connectivity index (χ1v) is 11.6. The van der Waals surface area contributed by atoms with Gasteiger partial charge in [0, 0.05) is 19.7 Å². The Morgan fingerprint density at radius 1 is 1.11 bits per heavy atom. The molecule has 3 amide bonds. The van der Waals surface area contributed by atoms with Crippen LogP contribution in [0, 0.1) is 5.82 Å². The number of rotatable bonds is 11. The first kappa shape index (κ1) is 27.4. The molecule has 37 heavy (non-hydrogen) atoms. The monoisotopic (exact) mass is 531 g/mol. The third kappa shape index (κ3) is 5.95. The van der Waals surface area contributed by atoms with Gasteiger partial charge in [-0.1, -0.05) is 12.1 Å². The number of carbonyl (C=O) groups excluding carboxylic acids is 3. The topological polar surface area (TPSA) is 159 Å². The summed E-state index contributed by atoms with van der Waals surface area (Å²) in [6, 6.07) is 8.45. The lowest BCUT2D eigenvalue weighted by molar-refractivity contribution is -0.122. The van der Waals surface area contributed by atoms with Gasteiger partial charge in [-0.25, -0.2) is 4.39 Å². The highest BCUT2D eigenvalue weighted by atomic mass is 32.1. The number of carbonyl (C=O) groups is 3. The Labute approximate surface area is 216 Å². The number of amides is 3. The van der Waals surface area contributed by atoms with Crippen LogP contribution in [0.25, 0.3) is 0 Å². The number of nitrogens with two attached hydrogens (primary N) is 2. The van der Waals surface area contributed by atoms with Crippen molar-refractivity contribution in [2.45, 2.75) is 6.04 Å². The van der Waals surface area contributed by atoms with Crippen LogP contribution in [-0.2, 0) is 9.53 Å². The molecule has 0 saturated carbocycles. The molecule has 0 bridgehead atoms. The number of primary amides is 1. The van der Waals surface area contributed by atoms with Crippen LogP contribution in [0.15, 0.2) is 42.5 Å². The summed E-state index contributed by atoms with van der Waals surface area (Å²) >= 11 is 0.656. The number of methoxy groups -OCH3 is 3. The second-order valence-corrected chi connectivity index (χ2v) is 8.36. The maximum atomic E-state index is 14.1. The highest BCUT2D eigenvalue weighted by Gasteiger charge is 2.37. The number of benzene rings is 2. The molecule has 13 heteroatoms. The average Bonchev–Trinajstić information content (AvgIpc) is 3.28. The third-order valence-electron chi connectivity index (χ3n) is 5.32. The highest BCUT2D eigenvalue weighted by molar-refractivity contribution is 7.09. The quantitative estimate of drug-likeness (QED) is 0.317. The molecule has 1 aromatic heterocycles. The van der Waals surface area contributed by atoms with Crippen molar-refractivity contribution >= 4 is 40.6 Å². The summed E-state index contributed by atoms with van der Waals surface area (Å²) in [5, 5.41) is 2.72. The van der Waals surface area contributed by atoms with E-state index < -0.39 is 29.6 Å². The van der Waals surface area contributed by atoms with E-state index in [4.69, 9.17) is 25.7 Å². The van der Waals surface area contributed by atoms with E-state index in [0.29, 0.717) is 17.3 Å². The van der Waals surface area contributed by atoms with Crippen LogP contribution in [0.1, 0.15) is 31.8 Å². The number of ether oxygens (including phenoxy) is 3. The lowest BCUT2D eigenvalue weighted by Crippen LogP contribution is -2.45. The average molecular weight is 532 g/mol. The van der Waals surface area contributed by atoms with Gasteiger partial charge < -0.3 is 31.0 Å². The van der Waals surface area contributed by atoms with E-state index in [0.717, 1.165) is 4.90 Å². The molecule has 2 aromatic carbocycles. The number of anilines is 2. The summed E-state index contributed by atoms with van der Waals surface area (Å²) in [7, 11) is 4.31. The van der Waals surface area contributed by atoms with Gasteiger partial charge in [-0.2, -0.15) is 4.37 Å². The SMILES string of the molecule is COCCNC(=O)[C@H](c1ccc(F)cc1)N(C(=O)c1snc(C(N)=O)c1N)c1cc(OC)ccc1OC. The maximum absolute atomic E-state index is 14.1. The fraction of sp³-hybridized carbons (Fsp3) is 0.250. The number of nitrogens with one attached hydrogen (secondary N) is 1. The van der Waals surface area contributed by atoms with Crippen LogP contribution >= 0.6 is 11.5 Å². The summed E-state index contributed by atoms with van der Waals surface area (Å²) in [4.78, 5) is 40.4. The zero-order valence-electron chi connectivity index (χ0n) is 20.3. The smallest absolute Gasteiger partial charge is 0.273 e. The molecule has 0 saturated heterocycles. The number of hydrogen-bond acceptors (Lipinski definition) is 9. The van der Waals surface area contributed by atoms with Crippen molar-refractivity contribution in [1.82, 2.24) is 9.69 Å². The molecule has 0 aliphatic carbocycles. The van der Waals surface area contributed by atoms with Crippen molar-refractivity contribution in [3.8, 4) is 11.5 Å². The molecule has 196 valence electrons. The van der Waals surface area contributed by atoms with Crippen molar-refractivity contribution < 1.29 is 33.0 Å². The normalized spacial score (nSPS) is 11.5. The van der Waals surface area contributed by atoms with Gasteiger partial charge in [-0.15, -0.1) is 0 Å². The molecular formula is C24H26FN5O6S. The Bertz CT molecular complexity index is 1280. The molecule has 0 spiro atoms. The van der Waals surface area contributed by atoms with Crippen molar-refractivity contribution in [2.75, 3.05) is 45.1 Å². The van der Waals surface area contributed by atoms with E-state index in [-0.39, 0.29) is 46.4 Å². The lowest BCUT2D eigenvalue weighted by Gasteiger charge is -2.32. The maximum Gasteiger partial charge on any atom is 0.273 e. The van der Waals surface area contributed by atoms with Gasteiger partial charge in [-0.05, 0) is 41.4 Å². The predicted molar refractivity (Wildman–Crippen MR) is 135 cm³/mol. The molecule has 0 aliphatic heterocycles. The first-order valence-electron chi connectivity index (χ1n) is 10.9. The van der Waals surface area contributed by atoms with Crippen LogP contribution in [0.4, 0.5) is 15.8 Å². The third-order valence-corrected chi connectivity index (χ3v) is 6.17. The van der Waals surface area contributed by atoms with E-state index in [2.05, 4.69) is 9.69 Å². The van der Waals surface area contributed by atoms with Crippen molar-refractivity contribution in [3.63, 3.8) is 0 Å². The van der Waals surface area contributed by atoms with Crippen LogP contribution < -0.4 is 31.2 Å². The second-order valence-electron chi connectivity index (χ2n) is 7.59. The molecule has 11 nitrogen and oxygen atoms in total. The molecule has 1 heterocycles. The van der Waals surface area contributed by atoms with Crippen molar-refractivity contribution in [1.29, 1.82) is 0 Å². The van der Waals surface area contributed by atoms with Gasteiger partial charge in [0.05, 0.1) is 32.2 Å². The van der Waals surface area contributed by atoms with Crippen molar-refractivity contribution in [3.05, 3.63) is 64.4 Å². The standard InChI is InChI=1S/C24H26FN5O6S/c1-34-11-10-28-23(32)20(13-4-6-14(25)7-5-13)30(16-12-15(35-2)8-9-17(16)36-3)24(33)21-18(26)19(22(27)31)29-37-21/h4-9,12,20H,10-11,26H2,1-3H3,(H2,27,31)(H,28,32)/t20-/m0/s1. The van der Waals surface area contributed by atoms with Gasteiger partial charge in [-0.3, -0.25) is 19.3 Å². The molecule has 0 radical (unpaired) electrons. The summed E-state index contributed by atoms with van der Waals surface area (Å²) in [6.45, 7) is 0.348. The Hall–Kier alpha value is -4.23. The minimum Gasteiger partial charge on any atom is -0.497 e. The molecule has 5 N–H and O–H groups in total. The molecule has 0 fully saturated rings. The lowest BCUT2D eigenvalue weighted by atomic mass is 10.0. The predicted octanol–water partition coefficient (Wildman–Crippen LogP) is 2.13. The number of hydrogen-bond donors (Lipinski definition) is 3. The summed E-state index contributed by atoms with van der Waals surface area (Å²) in [5.41, 5.74) is 11.3. The molecule has 0 aliphatic rings. The number of halogens is 1. The second kappa shape index (κ2) is 12.1. The molecular weight excluding hydrogens is 505 g/mol. The van der Waals surface area contributed by atoms with Crippen LogP contribution in [0.5, 0.6) is 11.5 Å². The van der Waals surface area contributed by atoms with E-state index in [1.165, 1.54) is 51.7 Å². The summed E-state index contributed by atoms with van der Waals surface area (Å²) in [6.07, 6.45) is 0.